The molecule has 0 saturated carbocycles. The SMILES string of the molecule is Cc1cncc(C(C)(O)C(C)(C)C)c1. The van der Waals surface area contributed by atoms with E-state index in [0.29, 0.717) is 0 Å². The molecule has 1 heterocycles. The Morgan fingerprint density at radius 3 is 2.14 bits per heavy atom. The third-order valence-electron chi connectivity index (χ3n) is 2.90. The molecule has 0 amide bonds. The lowest BCUT2D eigenvalue weighted by atomic mass is 9.74. The van der Waals surface area contributed by atoms with Gasteiger partial charge >= 0.3 is 0 Å². The lowest BCUT2D eigenvalue weighted by Gasteiger charge is -2.37. The number of hydrogen-bond donors (Lipinski definition) is 1. The van der Waals surface area contributed by atoms with Crippen LogP contribution < -0.4 is 0 Å². The summed E-state index contributed by atoms with van der Waals surface area (Å²) in [4.78, 5) is 4.10. The smallest absolute Gasteiger partial charge is 0.0931 e. The van der Waals surface area contributed by atoms with Gasteiger partial charge in [-0.2, -0.15) is 0 Å². The van der Waals surface area contributed by atoms with Crippen LogP contribution in [-0.2, 0) is 5.60 Å². The van der Waals surface area contributed by atoms with E-state index in [1.54, 1.807) is 12.4 Å². The van der Waals surface area contributed by atoms with E-state index < -0.39 is 5.60 Å². The molecular formula is C12H19NO. The van der Waals surface area contributed by atoms with Gasteiger partial charge in [-0.1, -0.05) is 26.8 Å². The fourth-order valence-corrected chi connectivity index (χ4v) is 1.25. The highest BCUT2D eigenvalue weighted by atomic mass is 16.3. The zero-order valence-corrected chi connectivity index (χ0v) is 9.63. The van der Waals surface area contributed by atoms with E-state index >= 15 is 0 Å². The van der Waals surface area contributed by atoms with E-state index in [1.807, 2.05) is 40.7 Å². The molecule has 0 aliphatic rings. The summed E-state index contributed by atoms with van der Waals surface area (Å²) in [6.45, 7) is 9.89. The van der Waals surface area contributed by atoms with Crippen LogP contribution in [0.4, 0.5) is 0 Å². The fraction of sp³-hybridized carbons (Fsp3) is 0.583. The van der Waals surface area contributed by atoms with Gasteiger partial charge < -0.3 is 5.11 Å². The third kappa shape index (κ3) is 1.95. The van der Waals surface area contributed by atoms with Gasteiger partial charge in [-0.25, -0.2) is 0 Å². The van der Waals surface area contributed by atoms with Crippen molar-refractivity contribution in [2.45, 2.75) is 40.2 Å². The zero-order valence-electron chi connectivity index (χ0n) is 9.63. The maximum Gasteiger partial charge on any atom is 0.0931 e. The van der Waals surface area contributed by atoms with Gasteiger partial charge in [-0.3, -0.25) is 4.98 Å². The predicted molar refractivity (Wildman–Crippen MR) is 58.0 cm³/mol. The first kappa shape index (κ1) is 11.2. The minimum atomic E-state index is -0.841. The number of nitrogens with zero attached hydrogens (tertiary/aromatic N) is 1. The molecule has 2 nitrogen and oxygen atoms in total. The highest BCUT2D eigenvalue weighted by Gasteiger charge is 2.37. The Hall–Kier alpha value is -0.890. The molecule has 1 unspecified atom stereocenters. The molecule has 0 bridgehead atoms. The molecule has 0 aliphatic carbocycles. The van der Waals surface area contributed by atoms with E-state index in [-0.39, 0.29) is 5.41 Å². The first-order chi connectivity index (χ1) is 6.25. The summed E-state index contributed by atoms with van der Waals surface area (Å²) in [6.07, 6.45) is 3.53. The first-order valence-corrected chi connectivity index (χ1v) is 4.89. The second kappa shape index (κ2) is 3.35. The first-order valence-electron chi connectivity index (χ1n) is 4.89. The molecule has 0 saturated heterocycles. The largest absolute Gasteiger partial charge is 0.385 e. The Bertz CT molecular complexity index is 323. The van der Waals surface area contributed by atoms with E-state index in [9.17, 15) is 5.11 Å². The van der Waals surface area contributed by atoms with Crippen molar-refractivity contribution in [3.8, 4) is 0 Å². The van der Waals surface area contributed by atoms with Crippen LogP contribution in [0.2, 0.25) is 0 Å². The second-order valence-electron chi connectivity index (χ2n) is 5.07. The summed E-state index contributed by atoms with van der Waals surface area (Å²) in [5.74, 6) is 0. The molecular weight excluding hydrogens is 174 g/mol. The molecule has 1 aromatic rings. The third-order valence-corrected chi connectivity index (χ3v) is 2.90. The molecule has 78 valence electrons. The maximum absolute atomic E-state index is 10.4. The van der Waals surface area contributed by atoms with Gasteiger partial charge in [0.05, 0.1) is 5.60 Å². The molecule has 0 radical (unpaired) electrons. The normalized spacial score (nSPS) is 16.4. The number of aromatic nitrogens is 1. The molecule has 0 spiro atoms. The summed E-state index contributed by atoms with van der Waals surface area (Å²) in [5.41, 5.74) is 0.922. The Balaban J connectivity index is 3.16. The Kier molecular flexibility index (Phi) is 2.68. The molecule has 2 heteroatoms. The number of aliphatic hydroxyl groups is 1. The van der Waals surface area contributed by atoms with Gasteiger partial charge in [-0.05, 0) is 24.8 Å². The number of rotatable bonds is 1. The van der Waals surface area contributed by atoms with Crippen molar-refractivity contribution in [3.63, 3.8) is 0 Å². The molecule has 0 aromatic carbocycles. The second-order valence-corrected chi connectivity index (χ2v) is 5.07. The number of hydrogen-bond acceptors (Lipinski definition) is 2. The van der Waals surface area contributed by atoms with Crippen molar-refractivity contribution in [2.75, 3.05) is 0 Å². The topological polar surface area (TPSA) is 33.1 Å². The minimum absolute atomic E-state index is 0.192. The van der Waals surface area contributed by atoms with Gasteiger partial charge in [0, 0.05) is 18.0 Å². The van der Waals surface area contributed by atoms with Crippen LogP contribution in [0.3, 0.4) is 0 Å². The van der Waals surface area contributed by atoms with E-state index in [1.165, 1.54) is 0 Å². The summed E-state index contributed by atoms with van der Waals surface area (Å²) in [7, 11) is 0. The quantitative estimate of drug-likeness (QED) is 0.743. The summed E-state index contributed by atoms with van der Waals surface area (Å²) >= 11 is 0. The van der Waals surface area contributed by atoms with Crippen LogP contribution in [0.15, 0.2) is 18.5 Å². The Labute approximate surface area is 86.0 Å². The van der Waals surface area contributed by atoms with Crippen molar-refractivity contribution >= 4 is 0 Å². The van der Waals surface area contributed by atoms with Crippen LogP contribution in [0, 0.1) is 12.3 Å². The monoisotopic (exact) mass is 193 g/mol. The lowest BCUT2D eigenvalue weighted by Crippen LogP contribution is -2.36. The summed E-state index contributed by atoms with van der Waals surface area (Å²) in [5, 5.41) is 10.4. The van der Waals surface area contributed by atoms with Crippen molar-refractivity contribution in [3.05, 3.63) is 29.6 Å². The molecule has 1 aromatic heterocycles. The maximum atomic E-state index is 10.4. The predicted octanol–water partition coefficient (Wildman–Crippen LogP) is 2.64. The molecule has 1 rings (SSSR count). The molecule has 1 N–H and O–H groups in total. The van der Waals surface area contributed by atoms with E-state index in [4.69, 9.17) is 0 Å². The number of aryl methyl sites for hydroxylation is 1. The van der Waals surface area contributed by atoms with Crippen molar-refractivity contribution < 1.29 is 5.11 Å². The highest BCUT2D eigenvalue weighted by Crippen LogP contribution is 2.38. The lowest BCUT2D eigenvalue weighted by molar-refractivity contribution is -0.0473. The van der Waals surface area contributed by atoms with Crippen LogP contribution in [0.25, 0.3) is 0 Å². The van der Waals surface area contributed by atoms with Gasteiger partial charge in [0.2, 0.25) is 0 Å². The standard InChI is InChI=1S/C12H19NO/c1-9-6-10(8-13-7-9)12(5,14)11(2,3)4/h6-8,14H,1-5H3. The van der Waals surface area contributed by atoms with Gasteiger partial charge in [-0.15, -0.1) is 0 Å². The summed E-state index contributed by atoms with van der Waals surface area (Å²) in [6, 6.07) is 1.98. The van der Waals surface area contributed by atoms with Gasteiger partial charge in [0.25, 0.3) is 0 Å². The van der Waals surface area contributed by atoms with Crippen molar-refractivity contribution in [1.29, 1.82) is 0 Å². The fourth-order valence-electron chi connectivity index (χ4n) is 1.25. The molecule has 0 fully saturated rings. The zero-order chi connectivity index (χ0) is 11.0. The molecule has 1 atom stereocenters. The molecule has 14 heavy (non-hydrogen) atoms. The average molecular weight is 193 g/mol. The highest BCUT2D eigenvalue weighted by molar-refractivity contribution is 5.24. The van der Waals surface area contributed by atoms with E-state index in [0.717, 1.165) is 11.1 Å². The van der Waals surface area contributed by atoms with Crippen LogP contribution in [0.1, 0.15) is 38.8 Å². The summed E-state index contributed by atoms with van der Waals surface area (Å²) < 4.78 is 0. The van der Waals surface area contributed by atoms with Gasteiger partial charge in [0.15, 0.2) is 0 Å². The average Bonchev–Trinajstić information content (AvgIpc) is 2.02. The number of pyridine rings is 1. The van der Waals surface area contributed by atoms with Crippen LogP contribution >= 0.6 is 0 Å². The van der Waals surface area contributed by atoms with Crippen molar-refractivity contribution in [2.24, 2.45) is 5.41 Å². The van der Waals surface area contributed by atoms with Crippen molar-refractivity contribution in [1.82, 2.24) is 4.98 Å². The van der Waals surface area contributed by atoms with Crippen LogP contribution in [0.5, 0.6) is 0 Å². The van der Waals surface area contributed by atoms with Gasteiger partial charge in [0.1, 0.15) is 0 Å². The molecule has 0 aliphatic heterocycles. The van der Waals surface area contributed by atoms with E-state index in [2.05, 4.69) is 4.98 Å². The van der Waals surface area contributed by atoms with Crippen LogP contribution in [-0.4, -0.2) is 10.1 Å². The Morgan fingerprint density at radius 1 is 1.14 bits per heavy atom. The minimum Gasteiger partial charge on any atom is -0.385 e. The Morgan fingerprint density at radius 2 is 1.71 bits per heavy atom.